The minimum atomic E-state index is -3.13. The molecule has 0 aliphatic heterocycles. The highest BCUT2D eigenvalue weighted by atomic mass is 32.2. The fourth-order valence-corrected chi connectivity index (χ4v) is 2.92. The van der Waals surface area contributed by atoms with Gasteiger partial charge >= 0.3 is 0 Å². The number of allylic oxidation sites excluding steroid dienone is 1. The van der Waals surface area contributed by atoms with Crippen LogP contribution in [0.3, 0.4) is 0 Å². The van der Waals surface area contributed by atoms with E-state index in [1.165, 1.54) is 0 Å². The van der Waals surface area contributed by atoms with Crippen LogP contribution in [0.2, 0.25) is 0 Å². The van der Waals surface area contributed by atoms with Crippen molar-refractivity contribution in [3.05, 3.63) is 41.5 Å². The lowest BCUT2D eigenvalue weighted by Gasteiger charge is -2.09. The molecule has 1 rings (SSSR count). The smallest absolute Gasteiger partial charge is 0.178 e. The molecule has 3 heteroatoms. The monoisotopic (exact) mass is 224 g/mol. The number of sulfone groups is 1. The summed E-state index contributed by atoms with van der Waals surface area (Å²) in [6, 6.07) is 9.24. The van der Waals surface area contributed by atoms with E-state index in [0.717, 1.165) is 11.1 Å². The van der Waals surface area contributed by atoms with Crippen molar-refractivity contribution in [3.8, 4) is 0 Å². The molecule has 0 spiro atoms. The summed E-state index contributed by atoms with van der Waals surface area (Å²) in [5, 5.41) is 0. The maximum Gasteiger partial charge on any atom is 0.178 e. The van der Waals surface area contributed by atoms with Gasteiger partial charge in [-0.3, -0.25) is 0 Å². The summed E-state index contributed by atoms with van der Waals surface area (Å²) in [6.07, 6.45) is 0. The molecule has 0 aromatic heterocycles. The SMILES string of the molecule is CCS(=O)(=O)C(=C(C)C)c1ccccc1. The molecule has 0 unspecified atom stereocenters. The Morgan fingerprint density at radius 1 is 1.13 bits per heavy atom. The quantitative estimate of drug-likeness (QED) is 0.791. The van der Waals surface area contributed by atoms with E-state index in [4.69, 9.17) is 0 Å². The second kappa shape index (κ2) is 4.62. The Morgan fingerprint density at radius 3 is 2.07 bits per heavy atom. The highest BCUT2D eigenvalue weighted by Crippen LogP contribution is 2.24. The van der Waals surface area contributed by atoms with Gasteiger partial charge in [0.2, 0.25) is 0 Å². The number of benzene rings is 1. The molecule has 0 fully saturated rings. The van der Waals surface area contributed by atoms with E-state index in [2.05, 4.69) is 0 Å². The Bertz CT molecular complexity index is 452. The van der Waals surface area contributed by atoms with Gasteiger partial charge in [-0.05, 0) is 19.4 Å². The van der Waals surface area contributed by atoms with Crippen LogP contribution < -0.4 is 0 Å². The van der Waals surface area contributed by atoms with E-state index >= 15 is 0 Å². The van der Waals surface area contributed by atoms with Gasteiger partial charge in [-0.25, -0.2) is 8.42 Å². The molecule has 15 heavy (non-hydrogen) atoms. The maximum atomic E-state index is 11.9. The van der Waals surface area contributed by atoms with E-state index in [1.807, 2.05) is 44.2 Å². The van der Waals surface area contributed by atoms with Crippen molar-refractivity contribution in [1.29, 1.82) is 0 Å². The lowest BCUT2D eigenvalue weighted by atomic mass is 10.1. The molecule has 1 aromatic rings. The van der Waals surface area contributed by atoms with Crippen LogP contribution in [0.25, 0.3) is 4.91 Å². The lowest BCUT2D eigenvalue weighted by Crippen LogP contribution is -2.07. The van der Waals surface area contributed by atoms with Crippen LogP contribution in [-0.4, -0.2) is 14.2 Å². The van der Waals surface area contributed by atoms with Crippen molar-refractivity contribution in [2.75, 3.05) is 5.75 Å². The predicted octanol–water partition coefficient (Wildman–Crippen LogP) is 2.87. The molecule has 82 valence electrons. The molecule has 0 amide bonds. The van der Waals surface area contributed by atoms with E-state index in [-0.39, 0.29) is 5.75 Å². The van der Waals surface area contributed by atoms with Gasteiger partial charge in [0.05, 0.1) is 10.7 Å². The zero-order valence-electron chi connectivity index (χ0n) is 9.32. The van der Waals surface area contributed by atoms with Gasteiger partial charge in [0.15, 0.2) is 9.84 Å². The molecule has 0 aliphatic carbocycles. The van der Waals surface area contributed by atoms with Crippen LogP contribution in [0.15, 0.2) is 35.9 Å². The number of rotatable bonds is 3. The fourth-order valence-electron chi connectivity index (χ4n) is 1.51. The minimum absolute atomic E-state index is 0.141. The first-order chi connectivity index (χ1) is 6.99. The van der Waals surface area contributed by atoms with E-state index in [1.54, 1.807) is 6.92 Å². The predicted molar refractivity (Wildman–Crippen MR) is 64.2 cm³/mol. The second-order valence-electron chi connectivity index (χ2n) is 3.60. The Hall–Kier alpha value is -1.09. The zero-order valence-corrected chi connectivity index (χ0v) is 10.1. The van der Waals surface area contributed by atoms with Crippen molar-refractivity contribution < 1.29 is 8.42 Å². The Kier molecular flexibility index (Phi) is 3.69. The normalized spacial score (nSPS) is 11.1. The highest BCUT2D eigenvalue weighted by molar-refractivity contribution is 8.00. The summed E-state index contributed by atoms with van der Waals surface area (Å²) in [5.74, 6) is 0.141. The van der Waals surface area contributed by atoms with Crippen molar-refractivity contribution in [2.45, 2.75) is 20.8 Å². The minimum Gasteiger partial charge on any atom is -0.224 e. The molecule has 0 atom stereocenters. The van der Waals surface area contributed by atoms with Crippen molar-refractivity contribution in [1.82, 2.24) is 0 Å². The number of hydrogen-bond donors (Lipinski definition) is 0. The summed E-state index contributed by atoms with van der Waals surface area (Å²) in [4.78, 5) is 0.464. The second-order valence-corrected chi connectivity index (χ2v) is 5.81. The van der Waals surface area contributed by atoms with Crippen LogP contribution in [0.4, 0.5) is 0 Å². The van der Waals surface area contributed by atoms with Crippen LogP contribution in [0.1, 0.15) is 26.3 Å². The first-order valence-corrected chi connectivity index (χ1v) is 6.60. The topological polar surface area (TPSA) is 34.1 Å². The van der Waals surface area contributed by atoms with Crippen molar-refractivity contribution in [2.24, 2.45) is 0 Å². The van der Waals surface area contributed by atoms with E-state index in [0.29, 0.717) is 4.91 Å². The van der Waals surface area contributed by atoms with Gasteiger partial charge in [-0.15, -0.1) is 0 Å². The Balaban J connectivity index is 3.38. The third-order valence-corrected chi connectivity index (χ3v) is 4.21. The summed E-state index contributed by atoms with van der Waals surface area (Å²) < 4.78 is 23.8. The average Bonchev–Trinajstić information content (AvgIpc) is 2.18. The third kappa shape index (κ3) is 2.69. The first kappa shape index (κ1) is 12.0. The highest BCUT2D eigenvalue weighted by Gasteiger charge is 2.18. The van der Waals surface area contributed by atoms with Crippen molar-refractivity contribution in [3.63, 3.8) is 0 Å². The van der Waals surface area contributed by atoms with Gasteiger partial charge in [0.25, 0.3) is 0 Å². The van der Waals surface area contributed by atoms with Crippen LogP contribution in [0, 0.1) is 0 Å². The molecule has 0 bridgehead atoms. The molecule has 0 saturated carbocycles. The molecule has 0 N–H and O–H groups in total. The maximum absolute atomic E-state index is 11.9. The molecule has 1 aromatic carbocycles. The van der Waals surface area contributed by atoms with Crippen LogP contribution in [-0.2, 0) is 9.84 Å². The van der Waals surface area contributed by atoms with Crippen LogP contribution in [0.5, 0.6) is 0 Å². The van der Waals surface area contributed by atoms with E-state index < -0.39 is 9.84 Å². The Labute approximate surface area is 91.6 Å². The van der Waals surface area contributed by atoms with Gasteiger partial charge in [0, 0.05) is 0 Å². The van der Waals surface area contributed by atoms with Gasteiger partial charge in [-0.2, -0.15) is 0 Å². The van der Waals surface area contributed by atoms with Crippen molar-refractivity contribution >= 4 is 14.7 Å². The molecule has 0 saturated heterocycles. The summed E-state index contributed by atoms with van der Waals surface area (Å²) >= 11 is 0. The summed E-state index contributed by atoms with van der Waals surface area (Å²) in [5.41, 5.74) is 1.61. The standard InChI is InChI=1S/C12H16O2S/c1-4-15(13,14)12(10(2)3)11-8-6-5-7-9-11/h5-9H,4H2,1-3H3. The molecule has 2 nitrogen and oxygen atoms in total. The molecule has 0 heterocycles. The summed E-state index contributed by atoms with van der Waals surface area (Å²) in [6.45, 7) is 5.33. The molecular formula is C12H16O2S. The fraction of sp³-hybridized carbons (Fsp3) is 0.333. The van der Waals surface area contributed by atoms with Crippen LogP contribution >= 0.6 is 0 Å². The van der Waals surface area contributed by atoms with E-state index in [9.17, 15) is 8.42 Å². The van der Waals surface area contributed by atoms with Gasteiger partial charge in [-0.1, -0.05) is 42.8 Å². The number of hydrogen-bond acceptors (Lipinski definition) is 2. The van der Waals surface area contributed by atoms with Gasteiger partial charge in [0.1, 0.15) is 0 Å². The average molecular weight is 224 g/mol. The largest absolute Gasteiger partial charge is 0.224 e. The molecule has 0 aliphatic rings. The Morgan fingerprint density at radius 2 is 1.67 bits per heavy atom. The molecular weight excluding hydrogens is 208 g/mol. The summed E-state index contributed by atoms with van der Waals surface area (Å²) in [7, 11) is -3.13. The first-order valence-electron chi connectivity index (χ1n) is 4.94. The van der Waals surface area contributed by atoms with Gasteiger partial charge < -0.3 is 0 Å². The third-order valence-electron chi connectivity index (χ3n) is 2.18. The molecule has 0 radical (unpaired) electrons. The lowest BCUT2D eigenvalue weighted by molar-refractivity contribution is 0.607. The zero-order chi connectivity index (χ0) is 11.5.